The predicted octanol–water partition coefficient (Wildman–Crippen LogP) is 3.76. The number of hydrogen-bond donors (Lipinski definition) is 1. The van der Waals surface area contributed by atoms with Crippen LogP contribution in [0.4, 0.5) is 4.39 Å². The summed E-state index contributed by atoms with van der Waals surface area (Å²) in [6, 6.07) is 7.93. The molecule has 130 valence electrons. The van der Waals surface area contributed by atoms with Gasteiger partial charge < -0.3 is 8.94 Å². The monoisotopic (exact) mass is 370 g/mol. The van der Waals surface area contributed by atoms with Crippen molar-refractivity contribution in [2.75, 3.05) is 0 Å². The van der Waals surface area contributed by atoms with Crippen molar-refractivity contribution in [3.8, 4) is 11.5 Å². The van der Waals surface area contributed by atoms with Crippen LogP contribution in [-0.4, -0.2) is 22.3 Å². The van der Waals surface area contributed by atoms with Gasteiger partial charge in [0.15, 0.2) is 10.9 Å². The van der Waals surface area contributed by atoms with Gasteiger partial charge in [-0.3, -0.25) is 4.79 Å². The Morgan fingerprint density at radius 2 is 2.27 bits per heavy atom. The molecule has 4 aromatic rings. The van der Waals surface area contributed by atoms with Gasteiger partial charge in [0.25, 0.3) is 11.6 Å². The van der Waals surface area contributed by atoms with Gasteiger partial charge in [0.05, 0.1) is 34.0 Å². The minimum atomic E-state index is -0.468. The number of amides is 1. The Morgan fingerprint density at radius 1 is 1.38 bits per heavy atom. The van der Waals surface area contributed by atoms with Gasteiger partial charge in [-0.15, -0.1) is 11.3 Å². The summed E-state index contributed by atoms with van der Waals surface area (Å²) < 4.78 is 23.5. The van der Waals surface area contributed by atoms with Crippen LogP contribution in [0.1, 0.15) is 20.9 Å². The van der Waals surface area contributed by atoms with Gasteiger partial charge in [-0.05, 0) is 37.3 Å². The van der Waals surface area contributed by atoms with Crippen LogP contribution < -0.4 is 5.43 Å². The Kier molecular flexibility index (Phi) is 4.05. The second kappa shape index (κ2) is 6.52. The molecule has 0 fully saturated rings. The molecule has 4 rings (SSSR count). The molecular formula is C17H11FN4O3S. The highest BCUT2D eigenvalue weighted by molar-refractivity contribution is 7.12. The number of thiophene rings is 1. The highest BCUT2D eigenvalue weighted by Crippen LogP contribution is 2.27. The number of carbonyl (C=O) groups excluding carboxylic acids is 1. The van der Waals surface area contributed by atoms with Crippen molar-refractivity contribution >= 4 is 34.6 Å². The summed E-state index contributed by atoms with van der Waals surface area (Å²) in [5.41, 5.74) is 3.93. The molecule has 7 nitrogen and oxygen atoms in total. The van der Waals surface area contributed by atoms with Gasteiger partial charge in [0.2, 0.25) is 0 Å². The fraction of sp³-hybridized carbons (Fsp3) is 0.0588. The second-order valence-corrected chi connectivity index (χ2v) is 6.39. The van der Waals surface area contributed by atoms with Crippen molar-refractivity contribution in [2.24, 2.45) is 5.10 Å². The maximum Gasteiger partial charge on any atom is 0.272 e. The lowest BCUT2D eigenvalue weighted by atomic mass is 10.1. The zero-order valence-electron chi connectivity index (χ0n) is 13.4. The largest absolute Gasteiger partial charge is 0.463 e. The summed E-state index contributed by atoms with van der Waals surface area (Å²) in [4.78, 5) is 17.5. The number of pyridine rings is 1. The first kappa shape index (κ1) is 16.2. The van der Waals surface area contributed by atoms with Crippen LogP contribution in [0, 0.1) is 12.1 Å². The molecule has 0 spiro atoms. The molecule has 0 atom stereocenters. The topological polar surface area (TPSA) is 93.5 Å². The highest BCUT2D eigenvalue weighted by Gasteiger charge is 2.20. The van der Waals surface area contributed by atoms with Crippen molar-refractivity contribution in [3.05, 3.63) is 57.9 Å². The molecule has 1 N–H and O–H groups in total. The molecule has 0 radical (unpaired) electrons. The van der Waals surface area contributed by atoms with Crippen molar-refractivity contribution < 1.29 is 18.1 Å². The van der Waals surface area contributed by atoms with Crippen LogP contribution in [0.2, 0.25) is 0 Å². The fourth-order valence-corrected chi connectivity index (χ4v) is 3.04. The first-order chi connectivity index (χ1) is 12.6. The normalized spacial score (nSPS) is 11.5. The van der Waals surface area contributed by atoms with Gasteiger partial charge in [-0.2, -0.15) is 9.49 Å². The van der Waals surface area contributed by atoms with Crippen LogP contribution >= 0.6 is 11.3 Å². The lowest BCUT2D eigenvalue weighted by Crippen LogP contribution is -2.18. The SMILES string of the molecule is Cc1noc2nc(-c3ccco3)cc(C(=O)NN=Cc3ccc(F)s3)c12. The zero-order chi connectivity index (χ0) is 18.1. The maximum atomic E-state index is 13.0. The quantitative estimate of drug-likeness (QED) is 0.436. The first-order valence-corrected chi connectivity index (χ1v) is 8.33. The van der Waals surface area contributed by atoms with E-state index in [2.05, 4.69) is 20.7 Å². The van der Waals surface area contributed by atoms with E-state index in [1.807, 2.05) is 0 Å². The summed E-state index contributed by atoms with van der Waals surface area (Å²) in [6.45, 7) is 1.72. The molecule has 1 amide bonds. The molecule has 0 unspecified atom stereocenters. The van der Waals surface area contributed by atoms with E-state index in [4.69, 9.17) is 8.94 Å². The lowest BCUT2D eigenvalue weighted by molar-refractivity contribution is 0.0956. The molecule has 26 heavy (non-hydrogen) atoms. The number of furan rings is 1. The molecule has 0 aliphatic carbocycles. The molecular weight excluding hydrogens is 359 g/mol. The van der Waals surface area contributed by atoms with E-state index in [0.717, 1.165) is 11.3 Å². The Balaban J connectivity index is 1.68. The van der Waals surface area contributed by atoms with E-state index < -0.39 is 5.91 Å². The Hall–Kier alpha value is -3.33. The molecule has 0 bridgehead atoms. The fourth-order valence-electron chi connectivity index (χ4n) is 2.44. The lowest BCUT2D eigenvalue weighted by Gasteiger charge is -2.04. The van der Waals surface area contributed by atoms with Crippen LogP contribution in [0.5, 0.6) is 0 Å². The summed E-state index contributed by atoms with van der Waals surface area (Å²) >= 11 is 0.928. The molecule has 4 heterocycles. The number of fused-ring (bicyclic) bond motifs is 1. The van der Waals surface area contributed by atoms with E-state index in [1.54, 1.807) is 31.2 Å². The van der Waals surface area contributed by atoms with Gasteiger partial charge in [0.1, 0.15) is 5.69 Å². The van der Waals surface area contributed by atoms with Crippen molar-refractivity contribution in [1.29, 1.82) is 0 Å². The third-order valence-electron chi connectivity index (χ3n) is 3.59. The van der Waals surface area contributed by atoms with Crippen molar-refractivity contribution in [1.82, 2.24) is 15.6 Å². The van der Waals surface area contributed by atoms with E-state index in [9.17, 15) is 9.18 Å². The van der Waals surface area contributed by atoms with Crippen LogP contribution in [0.25, 0.3) is 22.6 Å². The van der Waals surface area contributed by atoms with Gasteiger partial charge in [0, 0.05) is 0 Å². The highest BCUT2D eigenvalue weighted by atomic mass is 32.1. The summed E-state index contributed by atoms with van der Waals surface area (Å²) in [7, 11) is 0. The number of hydrogen-bond acceptors (Lipinski definition) is 7. The molecule has 0 aliphatic rings. The third-order valence-corrected chi connectivity index (χ3v) is 4.40. The minimum Gasteiger partial charge on any atom is -0.463 e. The van der Waals surface area contributed by atoms with E-state index in [-0.39, 0.29) is 10.8 Å². The average Bonchev–Trinajstić information content (AvgIpc) is 3.36. The molecule has 0 aliphatic heterocycles. The number of hydrazone groups is 1. The Bertz CT molecular complexity index is 1110. The smallest absolute Gasteiger partial charge is 0.272 e. The van der Waals surface area contributed by atoms with Crippen LogP contribution in [-0.2, 0) is 0 Å². The van der Waals surface area contributed by atoms with Gasteiger partial charge in [-0.25, -0.2) is 10.4 Å². The number of nitrogens with one attached hydrogen (secondary N) is 1. The second-order valence-electron chi connectivity index (χ2n) is 5.32. The molecule has 0 saturated carbocycles. The number of halogens is 1. The summed E-state index contributed by atoms with van der Waals surface area (Å²) in [5.74, 6) is 0.0253. The minimum absolute atomic E-state index is 0.228. The van der Waals surface area contributed by atoms with Crippen molar-refractivity contribution in [2.45, 2.75) is 6.92 Å². The zero-order valence-corrected chi connectivity index (χ0v) is 14.2. The van der Waals surface area contributed by atoms with Crippen molar-refractivity contribution in [3.63, 3.8) is 0 Å². The maximum absolute atomic E-state index is 13.0. The van der Waals surface area contributed by atoms with E-state index >= 15 is 0 Å². The first-order valence-electron chi connectivity index (χ1n) is 7.51. The van der Waals surface area contributed by atoms with E-state index in [1.165, 1.54) is 18.5 Å². The standard InChI is InChI=1S/C17H11FN4O3S/c1-9-15-11(16(23)21-19-8-10-4-5-14(18)26-10)7-12(13-3-2-6-24-13)20-17(15)25-22-9/h2-8H,1H3,(H,21,23). The Labute approximate surface area is 150 Å². The number of aromatic nitrogens is 2. The third kappa shape index (κ3) is 3.00. The Morgan fingerprint density at radius 3 is 3.00 bits per heavy atom. The number of rotatable bonds is 4. The van der Waals surface area contributed by atoms with Crippen LogP contribution in [0.3, 0.4) is 0 Å². The van der Waals surface area contributed by atoms with Gasteiger partial charge >= 0.3 is 0 Å². The number of aryl methyl sites for hydroxylation is 1. The average molecular weight is 370 g/mol. The van der Waals surface area contributed by atoms with E-state index in [0.29, 0.717) is 33.0 Å². The predicted molar refractivity (Wildman–Crippen MR) is 93.6 cm³/mol. The molecule has 0 saturated heterocycles. The summed E-state index contributed by atoms with van der Waals surface area (Å²) in [5, 5.41) is 7.91. The van der Waals surface area contributed by atoms with Crippen LogP contribution in [0.15, 0.2) is 50.6 Å². The molecule has 4 aromatic heterocycles. The number of nitrogens with zero attached hydrogens (tertiary/aromatic N) is 3. The summed E-state index contributed by atoms with van der Waals surface area (Å²) in [6.07, 6.45) is 2.88. The number of carbonyl (C=O) groups is 1. The molecule has 9 heteroatoms. The molecule has 0 aromatic carbocycles. The van der Waals surface area contributed by atoms with Gasteiger partial charge in [-0.1, -0.05) is 5.16 Å².